The molecule has 3 aromatic carbocycles. The van der Waals surface area contributed by atoms with Crippen LogP contribution in [0.5, 0.6) is 17.2 Å². The van der Waals surface area contributed by atoms with Gasteiger partial charge in [-0.1, -0.05) is 56.7 Å². The quantitative estimate of drug-likeness (QED) is 0.0718. The average Bonchev–Trinajstić information content (AvgIpc) is 3.37. The molecule has 24 nitrogen and oxygen atoms in total. The molecule has 2 bridgehead atoms. The zero-order chi connectivity index (χ0) is 56.1. The van der Waals surface area contributed by atoms with Crippen LogP contribution in [0.15, 0.2) is 72.8 Å². The Morgan fingerprint density at radius 1 is 0.750 bits per heavy atom. The number of primary amides is 1. The Balaban J connectivity index is 1.61. The molecular formula is C52H68N8O16. The number of phenols is 3. The van der Waals surface area contributed by atoms with Crippen LogP contribution in [0.4, 0.5) is 0 Å². The van der Waals surface area contributed by atoms with Gasteiger partial charge < -0.3 is 77.5 Å². The van der Waals surface area contributed by atoms with E-state index in [4.69, 9.17) is 10.5 Å². The molecule has 0 aliphatic carbocycles. The molecule has 3 aromatic rings. The number of fused-ring (bicyclic) bond motifs is 2. The van der Waals surface area contributed by atoms with Crippen molar-refractivity contribution in [2.45, 2.75) is 146 Å². The molecule has 0 radical (unpaired) electrons. The number of nitrogens with zero attached hydrogens (tertiary/aromatic N) is 2. The van der Waals surface area contributed by atoms with Gasteiger partial charge in [0, 0.05) is 32.7 Å². The summed E-state index contributed by atoms with van der Waals surface area (Å²) in [6.07, 6.45) is -8.84. The predicted molar refractivity (Wildman–Crippen MR) is 269 cm³/mol. The Bertz CT molecular complexity index is 2560. The lowest BCUT2D eigenvalue weighted by atomic mass is 9.96. The number of aliphatic hydroxyl groups excluding tert-OH is 3. The topological polar surface area (TPSA) is 377 Å². The van der Waals surface area contributed by atoms with Gasteiger partial charge in [0.25, 0.3) is 0 Å². The zero-order valence-corrected chi connectivity index (χ0v) is 42.8. The van der Waals surface area contributed by atoms with E-state index in [1.54, 1.807) is 13.8 Å². The van der Waals surface area contributed by atoms with Crippen LogP contribution < -0.4 is 32.3 Å². The van der Waals surface area contributed by atoms with E-state index >= 15 is 0 Å². The molecule has 3 unspecified atom stereocenters. The van der Waals surface area contributed by atoms with Gasteiger partial charge in [0.1, 0.15) is 78.0 Å². The highest BCUT2D eigenvalue weighted by atomic mass is 16.5. The number of benzene rings is 3. The molecule has 76 heavy (non-hydrogen) atoms. The number of piperidine rings is 1. The molecule has 2 heterocycles. The van der Waals surface area contributed by atoms with Crippen molar-refractivity contribution < 1.29 is 78.5 Å². The summed E-state index contributed by atoms with van der Waals surface area (Å²) in [6, 6.07) is 5.02. The fraction of sp³-hybridized carbons (Fsp3) is 0.481. The second kappa shape index (κ2) is 26.6. The number of hydrogen-bond acceptors (Lipinski definition) is 16. The number of rotatable bonds is 16. The van der Waals surface area contributed by atoms with E-state index in [0.29, 0.717) is 21.6 Å². The Kier molecular flexibility index (Phi) is 20.7. The SMILES string of the molecule is CC[C@H](C)[C@@H]1NC(=O)[C@H](Cc2ccc(O)cc2)N(C)C(=O)C([C@@H](C)O)N2C(=O)[C@H](CC[C@H]2O)NC(=O)C(Cc2ccc(O)cc2)NC(=O)C(NC(=O)[C@H](CCC(N)=O)NC(=O)[C@H](O)Cc2ccc(O)cc2)[C@@H](C)OC1=O. The Morgan fingerprint density at radius 3 is 1.84 bits per heavy atom. The number of carbonyl (C=O) groups is 9. The number of phenolic OH excluding ortho intramolecular Hbond substituents is 3. The highest BCUT2D eigenvalue weighted by Crippen LogP contribution is 2.26. The maximum atomic E-state index is 14.8. The van der Waals surface area contributed by atoms with E-state index in [-0.39, 0.29) is 55.8 Å². The number of likely N-dealkylation sites (N-methyl/N-ethyl adjacent to an activating group) is 1. The second-order valence-corrected chi connectivity index (χ2v) is 19.3. The maximum Gasteiger partial charge on any atom is 0.329 e. The van der Waals surface area contributed by atoms with Gasteiger partial charge in [0.2, 0.25) is 47.3 Å². The first-order valence-electron chi connectivity index (χ1n) is 24.9. The molecule has 0 aromatic heterocycles. The summed E-state index contributed by atoms with van der Waals surface area (Å²) in [5.74, 6) is -10.5. The number of nitrogens with one attached hydrogen (secondary N) is 5. The number of amides is 8. The fourth-order valence-corrected chi connectivity index (χ4v) is 8.82. The molecule has 2 aliphatic heterocycles. The van der Waals surface area contributed by atoms with Crippen LogP contribution in [0.3, 0.4) is 0 Å². The molecule has 13 N–H and O–H groups in total. The third kappa shape index (κ3) is 15.6. The fourth-order valence-electron chi connectivity index (χ4n) is 8.82. The molecule has 2 fully saturated rings. The predicted octanol–water partition coefficient (Wildman–Crippen LogP) is -1.61. The molecular weight excluding hydrogens is 993 g/mol. The van der Waals surface area contributed by atoms with E-state index in [9.17, 15) is 73.8 Å². The van der Waals surface area contributed by atoms with Gasteiger partial charge in [0.05, 0.1) is 6.10 Å². The second-order valence-electron chi connectivity index (χ2n) is 19.3. The number of ether oxygens (including phenoxy) is 1. The van der Waals surface area contributed by atoms with E-state index in [2.05, 4.69) is 26.6 Å². The van der Waals surface area contributed by atoms with Gasteiger partial charge >= 0.3 is 5.97 Å². The summed E-state index contributed by atoms with van der Waals surface area (Å²) in [4.78, 5) is 129. The Hall–Kier alpha value is -7.83. The van der Waals surface area contributed by atoms with Gasteiger partial charge in [-0.25, -0.2) is 4.79 Å². The number of carbonyl (C=O) groups excluding carboxylic acids is 9. The standard InChI is InChI=1S/C52H68N8O16/c1-6-26(2)42-52(75)76-28(4)43(58-45(68)35(19-21-40(53)66)54-48(71)39(65)25-31-11-17-34(64)18-12-31)49(72)56-37(23-29-7-13-32(62)14-8-29)46(69)55-36-20-22-41(67)60(50(36)73)44(27(3)61)51(74)59(5)38(47(70)57-42)24-30-9-15-33(63)16-10-30/h7-18,26-28,35-39,41-44,61-65,67H,6,19-25H2,1-5H3,(H2,53,66)(H,54,71)(H,55,69)(H,56,72)(H,57,70)(H,58,68)/t26-,27+,28+,35-,36-,37?,38-,39+,41+,42-,43?,44?/m0/s1. The van der Waals surface area contributed by atoms with Crippen molar-refractivity contribution in [3.63, 3.8) is 0 Å². The lowest BCUT2D eigenvalue weighted by Crippen LogP contribution is -2.67. The number of cyclic esters (lactones) is 1. The smallest absolute Gasteiger partial charge is 0.329 e. The zero-order valence-electron chi connectivity index (χ0n) is 42.8. The third-order valence-corrected chi connectivity index (χ3v) is 13.5. The summed E-state index contributed by atoms with van der Waals surface area (Å²) >= 11 is 0. The lowest BCUT2D eigenvalue weighted by molar-refractivity contribution is -0.170. The third-order valence-electron chi connectivity index (χ3n) is 13.5. The van der Waals surface area contributed by atoms with Gasteiger partial charge in [-0.3, -0.25) is 38.4 Å². The van der Waals surface area contributed by atoms with Gasteiger partial charge in [-0.05, 0) is 92.1 Å². The lowest BCUT2D eigenvalue weighted by Gasteiger charge is -2.43. The van der Waals surface area contributed by atoms with Crippen molar-refractivity contribution in [3.05, 3.63) is 89.5 Å². The van der Waals surface area contributed by atoms with Crippen molar-refractivity contribution in [3.8, 4) is 17.2 Å². The normalized spacial score (nSPS) is 24.7. The monoisotopic (exact) mass is 1060 g/mol. The van der Waals surface area contributed by atoms with E-state index in [0.717, 1.165) is 4.90 Å². The van der Waals surface area contributed by atoms with Crippen LogP contribution >= 0.6 is 0 Å². The number of nitrogens with two attached hydrogens (primary N) is 1. The number of hydrogen-bond donors (Lipinski definition) is 12. The Labute approximate surface area is 438 Å². The summed E-state index contributed by atoms with van der Waals surface area (Å²) in [5, 5.41) is 75.7. The molecule has 2 saturated heterocycles. The molecule has 412 valence electrons. The summed E-state index contributed by atoms with van der Waals surface area (Å²) in [5.41, 5.74) is 6.63. The van der Waals surface area contributed by atoms with Crippen molar-refractivity contribution in [2.24, 2.45) is 11.7 Å². The average molecular weight is 1060 g/mol. The van der Waals surface area contributed by atoms with E-state index in [1.165, 1.54) is 93.7 Å². The summed E-state index contributed by atoms with van der Waals surface area (Å²) in [7, 11) is 1.22. The largest absolute Gasteiger partial charge is 0.508 e. The molecule has 24 heteroatoms. The van der Waals surface area contributed by atoms with Crippen molar-refractivity contribution >= 4 is 53.2 Å². The highest BCUT2D eigenvalue weighted by molar-refractivity contribution is 5.99. The molecule has 5 rings (SSSR count). The van der Waals surface area contributed by atoms with Crippen molar-refractivity contribution in [1.82, 2.24) is 36.4 Å². The van der Waals surface area contributed by atoms with Crippen LogP contribution in [0, 0.1) is 5.92 Å². The van der Waals surface area contributed by atoms with Crippen LogP contribution in [-0.2, 0) is 67.2 Å². The molecule has 12 atom stereocenters. The summed E-state index contributed by atoms with van der Waals surface area (Å²) < 4.78 is 5.90. The van der Waals surface area contributed by atoms with Crippen molar-refractivity contribution in [2.75, 3.05) is 7.05 Å². The molecule has 2 aliphatic rings. The minimum atomic E-state index is -1.96. The van der Waals surface area contributed by atoms with Gasteiger partial charge in [-0.2, -0.15) is 0 Å². The van der Waals surface area contributed by atoms with E-state index < -0.39 is 139 Å². The van der Waals surface area contributed by atoms with Crippen molar-refractivity contribution in [1.29, 1.82) is 0 Å². The van der Waals surface area contributed by atoms with Gasteiger partial charge in [0.15, 0.2) is 0 Å². The first-order chi connectivity index (χ1) is 35.9. The van der Waals surface area contributed by atoms with Crippen LogP contribution in [0.2, 0.25) is 0 Å². The number of esters is 1. The first kappa shape index (κ1) is 59.1. The highest BCUT2D eigenvalue weighted by Gasteiger charge is 2.47. The molecule has 8 amide bonds. The molecule has 0 spiro atoms. The first-order valence-corrected chi connectivity index (χ1v) is 24.9. The number of aromatic hydroxyl groups is 3. The molecule has 0 saturated carbocycles. The summed E-state index contributed by atoms with van der Waals surface area (Å²) in [6.45, 7) is 5.70. The Morgan fingerprint density at radius 2 is 1.30 bits per heavy atom. The van der Waals surface area contributed by atoms with Crippen LogP contribution in [0.25, 0.3) is 0 Å². The van der Waals surface area contributed by atoms with Gasteiger partial charge in [-0.15, -0.1) is 0 Å². The minimum Gasteiger partial charge on any atom is -0.508 e. The van der Waals surface area contributed by atoms with Crippen LogP contribution in [0.1, 0.15) is 76.5 Å². The van der Waals surface area contributed by atoms with Crippen LogP contribution in [-0.4, -0.2) is 168 Å². The minimum absolute atomic E-state index is 0.0728. The number of aliphatic hydroxyl groups is 3. The van der Waals surface area contributed by atoms with E-state index in [1.807, 2.05) is 0 Å². The maximum absolute atomic E-state index is 14.8.